The van der Waals surface area contributed by atoms with Crippen molar-refractivity contribution in [3.63, 3.8) is 0 Å². The lowest BCUT2D eigenvalue weighted by Crippen LogP contribution is -2.28. The number of ether oxygens (including phenoxy) is 2. The normalized spacial score (nSPS) is 12.0. The summed E-state index contributed by atoms with van der Waals surface area (Å²) in [5, 5.41) is 0. The van der Waals surface area contributed by atoms with E-state index in [0.717, 1.165) is 25.9 Å². The van der Waals surface area contributed by atoms with Crippen LogP contribution in [-0.4, -0.2) is 34.6 Å². The Hall–Kier alpha value is 0.137. The minimum Gasteiger partial charge on any atom is -0.385 e. The first-order chi connectivity index (χ1) is 5.06. The molecule has 0 aromatic carbocycles. The molecule has 2 nitrogen and oxygen atoms in total. The maximum Gasteiger partial charge on any atom is 0.0746 e. The zero-order valence-electron chi connectivity index (χ0n) is 8.14. The van der Waals surface area contributed by atoms with Crippen molar-refractivity contribution in [1.82, 2.24) is 0 Å². The van der Waals surface area contributed by atoms with Crippen LogP contribution in [0.15, 0.2) is 0 Å². The monoisotopic (exact) mass is 176 g/mol. The van der Waals surface area contributed by atoms with E-state index in [0.29, 0.717) is 0 Å². The highest BCUT2D eigenvalue weighted by Gasteiger charge is 2.12. The average molecular weight is 176 g/mol. The van der Waals surface area contributed by atoms with E-state index in [-0.39, 0.29) is 0 Å². The summed E-state index contributed by atoms with van der Waals surface area (Å²) in [6, 6.07) is 0. The summed E-state index contributed by atoms with van der Waals surface area (Å²) in [6.07, 6.45) is 1.98. The molecule has 0 N–H and O–H groups in total. The molecule has 0 aliphatic rings. The first-order valence-electron chi connectivity index (χ1n) is 4.13. The highest BCUT2D eigenvalue weighted by atomic mass is 28.3. The molecule has 0 aliphatic carbocycles. The zero-order valence-corrected chi connectivity index (χ0v) is 9.14. The third-order valence-corrected chi connectivity index (χ3v) is 2.24. The fourth-order valence-electron chi connectivity index (χ4n) is 0.684. The summed E-state index contributed by atoms with van der Waals surface area (Å²) in [4.78, 5) is 0. The van der Waals surface area contributed by atoms with Crippen molar-refractivity contribution < 1.29 is 9.47 Å². The Bertz CT molecular complexity index is 88.6. The molecule has 0 aromatic heterocycles. The maximum atomic E-state index is 5.48. The Morgan fingerprint density at radius 1 is 1.09 bits per heavy atom. The van der Waals surface area contributed by atoms with Crippen LogP contribution in [-0.2, 0) is 9.47 Å². The predicted molar refractivity (Wildman–Crippen MR) is 50.7 cm³/mol. The van der Waals surface area contributed by atoms with Gasteiger partial charge in [-0.3, -0.25) is 0 Å². The van der Waals surface area contributed by atoms with Gasteiger partial charge in [0.15, 0.2) is 0 Å². The van der Waals surface area contributed by atoms with Gasteiger partial charge in [-0.15, -0.1) is 0 Å². The lowest BCUT2D eigenvalue weighted by molar-refractivity contribution is 0.126. The maximum absolute atomic E-state index is 5.48. The quantitative estimate of drug-likeness (QED) is 0.455. The summed E-state index contributed by atoms with van der Waals surface area (Å²) >= 11 is 0. The Labute approximate surface area is 70.9 Å². The second-order valence-electron chi connectivity index (χ2n) is 3.96. The zero-order chi connectivity index (χ0) is 8.74. The topological polar surface area (TPSA) is 18.5 Å². The Balaban J connectivity index is 3.02. The average Bonchev–Trinajstić information content (AvgIpc) is 1.85. The molecule has 11 heavy (non-hydrogen) atoms. The molecule has 0 saturated heterocycles. The van der Waals surface area contributed by atoms with E-state index in [1.54, 1.807) is 7.11 Å². The molecule has 0 aliphatic heterocycles. The minimum absolute atomic E-state index is 0.811. The van der Waals surface area contributed by atoms with Crippen LogP contribution in [0.5, 0.6) is 0 Å². The number of rotatable bonds is 6. The van der Waals surface area contributed by atoms with Crippen molar-refractivity contribution in [1.29, 1.82) is 0 Å². The lowest BCUT2D eigenvalue weighted by Gasteiger charge is -2.15. The van der Waals surface area contributed by atoms with Crippen molar-refractivity contribution in [2.24, 2.45) is 0 Å². The molecule has 0 radical (unpaired) electrons. The van der Waals surface area contributed by atoms with E-state index in [9.17, 15) is 0 Å². The molecule has 0 bridgehead atoms. The van der Waals surface area contributed by atoms with Crippen molar-refractivity contribution >= 4 is 8.07 Å². The largest absolute Gasteiger partial charge is 0.385 e. The van der Waals surface area contributed by atoms with Gasteiger partial charge in [-0.1, -0.05) is 19.6 Å². The molecule has 0 heterocycles. The molecule has 68 valence electrons. The van der Waals surface area contributed by atoms with Crippen molar-refractivity contribution in [3.05, 3.63) is 0 Å². The van der Waals surface area contributed by atoms with Gasteiger partial charge < -0.3 is 9.47 Å². The molecule has 0 atom stereocenters. The predicted octanol–water partition coefficient (Wildman–Crippen LogP) is 1.92. The second-order valence-corrected chi connectivity index (χ2v) is 9.37. The van der Waals surface area contributed by atoms with Crippen LogP contribution in [0.1, 0.15) is 6.42 Å². The summed E-state index contributed by atoms with van der Waals surface area (Å²) in [7, 11) is 0.740. The standard InChI is InChI=1S/C8H20O2Si/c1-9-6-5-7-10-8-11(2,3)4/h5-8H2,1-4H3. The fraction of sp³-hybridized carbons (Fsp3) is 1.00. The third kappa shape index (κ3) is 10.1. The van der Waals surface area contributed by atoms with Gasteiger partial charge in [-0.05, 0) is 6.42 Å². The minimum atomic E-state index is -0.980. The molecule has 0 rings (SSSR count). The Morgan fingerprint density at radius 2 is 1.73 bits per heavy atom. The highest BCUT2D eigenvalue weighted by molar-refractivity contribution is 6.76. The molecule has 0 spiro atoms. The van der Waals surface area contributed by atoms with Crippen LogP contribution in [0.2, 0.25) is 19.6 Å². The van der Waals surface area contributed by atoms with Crippen LogP contribution in [0.25, 0.3) is 0 Å². The lowest BCUT2D eigenvalue weighted by atomic mass is 10.5. The van der Waals surface area contributed by atoms with E-state index < -0.39 is 8.07 Å². The van der Waals surface area contributed by atoms with Gasteiger partial charge in [0.25, 0.3) is 0 Å². The highest BCUT2D eigenvalue weighted by Crippen LogP contribution is 2.00. The van der Waals surface area contributed by atoms with Crippen LogP contribution >= 0.6 is 0 Å². The Morgan fingerprint density at radius 3 is 2.18 bits per heavy atom. The van der Waals surface area contributed by atoms with Gasteiger partial charge in [-0.2, -0.15) is 0 Å². The molecule has 0 unspecified atom stereocenters. The third-order valence-electron chi connectivity index (χ3n) is 1.17. The smallest absolute Gasteiger partial charge is 0.0746 e. The summed E-state index contributed by atoms with van der Waals surface area (Å²) in [6.45, 7) is 8.58. The number of hydrogen-bond donors (Lipinski definition) is 0. The van der Waals surface area contributed by atoms with Crippen LogP contribution < -0.4 is 0 Å². The van der Waals surface area contributed by atoms with Gasteiger partial charge in [0.1, 0.15) is 0 Å². The van der Waals surface area contributed by atoms with E-state index >= 15 is 0 Å². The molecule has 0 amide bonds. The van der Waals surface area contributed by atoms with E-state index in [4.69, 9.17) is 9.47 Å². The number of hydrogen-bond acceptors (Lipinski definition) is 2. The summed E-state index contributed by atoms with van der Waals surface area (Å²) < 4.78 is 10.4. The van der Waals surface area contributed by atoms with E-state index in [1.807, 2.05) is 0 Å². The van der Waals surface area contributed by atoms with Crippen molar-refractivity contribution in [2.75, 3.05) is 26.6 Å². The van der Waals surface area contributed by atoms with Gasteiger partial charge in [0.2, 0.25) is 0 Å². The van der Waals surface area contributed by atoms with E-state index in [2.05, 4.69) is 19.6 Å². The van der Waals surface area contributed by atoms with Crippen LogP contribution in [0.4, 0.5) is 0 Å². The second kappa shape index (κ2) is 5.74. The first kappa shape index (κ1) is 11.1. The summed E-state index contributed by atoms with van der Waals surface area (Å²) in [5.41, 5.74) is 0. The molecule has 0 saturated carbocycles. The van der Waals surface area contributed by atoms with Gasteiger partial charge in [0.05, 0.1) is 8.07 Å². The molecule has 0 fully saturated rings. The van der Waals surface area contributed by atoms with Crippen LogP contribution in [0, 0.1) is 0 Å². The summed E-state index contributed by atoms with van der Waals surface area (Å²) in [5.74, 6) is 0. The van der Waals surface area contributed by atoms with E-state index in [1.165, 1.54) is 0 Å². The molecular weight excluding hydrogens is 156 g/mol. The number of methoxy groups -OCH3 is 1. The van der Waals surface area contributed by atoms with Gasteiger partial charge in [0, 0.05) is 26.6 Å². The van der Waals surface area contributed by atoms with Gasteiger partial charge >= 0.3 is 0 Å². The SMILES string of the molecule is COCCCOC[Si](C)(C)C. The molecule has 3 heteroatoms. The fourth-order valence-corrected chi connectivity index (χ4v) is 1.44. The van der Waals surface area contributed by atoms with Crippen molar-refractivity contribution in [3.8, 4) is 0 Å². The Kier molecular flexibility index (Phi) is 5.82. The van der Waals surface area contributed by atoms with Crippen LogP contribution in [0.3, 0.4) is 0 Å². The molecular formula is C8H20O2Si. The van der Waals surface area contributed by atoms with Crippen molar-refractivity contribution in [2.45, 2.75) is 26.1 Å². The van der Waals surface area contributed by atoms with Gasteiger partial charge in [-0.25, -0.2) is 0 Å². The first-order valence-corrected chi connectivity index (χ1v) is 7.83. The molecule has 0 aromatic rings.